The van der Waals surface area contributed by atoms with Crippen LogP contribution in [0.3, 0.4) is 0 Å². The summed E-state index contributed by atoms with van der Waals surface area (Å²) in [6, 6.07) is 13.8. The summed E-state index contributed by atoms with van der Waals surface area (Å²) in [4.78, 5) is 6.22. The second kappa shape index (κ2) is 9.59. The molecule has 0 bridgehead atoms. The molecule has 2 heterocycles. The third kappa shape index (κ3) is 5.20. The van der Waals surface area contributed by atoms with E-state index in [4.69, 9.17) is 0 Å². The van der Waals surface area contributed by atoms with Gasteiger partial charge < -0.3 is 15.5 Å². The fraction of sp³-hybridized carbons (Fsp3) is 0.304. The third-order valence-corrected chi connectivity index (χ3v) is 5.37. The van der Waals surface area contributed by atoms with Crippen LogP contribution >= 0.6 is 0 Å². The molecule has 0 spiro atoms. The zero-order valence-corrected chi connectivity index (χ0v) is 17.4. The zero-order valence-electron chi connectivity index (χ0n) is 17.4. The van der Waals surface area contributed by atoms with Crippen molar-refractivity contribution >= 4 is 11.6 Å². The number of para-hydroxylation sites is 1. The Labute approximate surface area is 180 Å². The SMILES string of the molecule is CN=C(NCCc1cnn(-c2ccccc2)c1)NC1CCN(c2ccc(F)cc2F)C1. The molecular weight excluding hydrogens is 398 g/mol. The highest BCUT2D eigenvalue weighted by Gasteiger charge is 2.25. The average Bonchev–Trinajstić information content (AvgIpc) is 3.43. The van der Waals surface area contributed by atoms with Gasteiger partial charge in [-0.05, 0) is 42.7 Å². The first-order chi connectivity index (χ1) is 15.1. The number of nitrogens with one attached hydrogen (secondary N) is 2. The number of rotatable bonds is 6. The fourth-order valence-corrected chi connectivity index (χ4v) is 3.76. The number of hydrogen-bond acceptors (Lipinski definition) is 3. The van der Waals surface area contributed by atoms with Crippen molar-refractivity contribution in [2.24, 2.45) is 4.99 Å². The Bertz CT molecular complexity index is 1030. The normalized spacial score (nSPS) is 16.5. The standard InChI is InChI=1S/C23H26F2N6/c1-26-23(27-11-9-17-14-28-31(15-17)20-5-3-2-4-6-20)29-19-10-12-30(16-19)22-8-7-18(24)13-21(22)25/h2-8,13-15,19H,9-12,16H2,1H3,(H2,26,27,29). The Hall–Kier alpha value is -3.42. The molecule has 8 heteroatoms. The maximum atomic E-state index is 14.1. The third-order valence-electron chi connectivity index (χ3n) is 5.37. The summed E-state index contributed by atoms with van der Waals surface area (Å²) in [5.41, 5.74) is 2.59. The number of halogens is 2. The van der Waals surface area contributed by atoms with Gasteiger partial charge in [-0.1, -0.05) is 18.2 Å². The highest BCUT2D eigenvalue weighted by molar-refractivity contribution is 5.80. The molecule has 2 aromatic carbocycles. The van der Waals surface area contributed by atoms with Crippen LogP contribution < -0.4 is 15.5 Å². The molecule has 1 saturated heterocycles. The van der Waals surface area contributed by atoms with E-state index in [0.717, 1.165) is 30.2 Å². The van der Waals surface area contributed by atoms with Crippen LogP contribution in [0.4, 0.5) is 14.5 Å². The van der Waals surface area contributed by atoms with Crippen molar-refractivity contribution < 1.29 is 8.78 Å². The van der Waals surface area contributed by atoms with E-state index in [0.29, 0.717) is 31.3 Å². The van der Waals surface area contributed by atoms with E-state index < -0.39 is 11.6 Å². The van der Waals surface area contributed by atoms with Crippen molar-refractivity contribution in [3.05, 3.63) is 78.1 Å². The van der Waals surface area contributed by atoms with Gasteiger partial charge in [0.1, 0.15) is 11.6 Å². The maximum Gasteiger partial charge on any atom is 0.191 e. The van der Waals surface area contributed by atoms with Crippen LogP contribution in [0.25, 0.3) is 5.69 Å². The van der Waals surface area contributed by atoms with Crippen molar-refractivity contribution in [3.63, 3.8) is 0 Å². The monoisotopic (exact) mass is 424 g/mol. The predicted octanol–water partition coefficient (Wildman–Crippen LogP) is 3.14. The number of hydrogen-bond donors (Lipinski definition) is 2. The molecule has 1 fully saturated rings. The largest absolute Gasteiger partial charge is 0.367 e. The molecular formula is C23H26F2N6. The van der Waals surface area contributed by atoms with Crippen LogP contribution in [-0.4, -0.2) is 48.5 Å². The summed E-state index contributed by atoms with van der Waals surface area (Å²) in [7, 11) is 1.73. The highest BCUT2D eigenvalue weighted by Crippen LogP contribution is 2.24. The summed E-state index contributed by atoms with van der Waals surface area (Å²) >= 11 is 0. The second-order valence-corrected chi connectivity index (χ2v) is 7.55. The van der Waals surface area contributed by atoms with Gasteiger partial charge >= 0.3 is 0 Å². The summed E-state index contributed by atoms with van der Waals surface area (Å²) in [5.74, 6) is -0.380. The molecule has 162 valence electrons. The topological polar surface area (TPSA) is 57.5 Å². The molecule has 6 nitrogen and oxygen atoms in total. The minimum Gasteiger partial charge on any atom is -0.367 e. The molecule has 0 radical (unpaired) electrons. The van der Waals surface area contributed by atoms with E-state index >= 15 is 0 Å². The Morgan fingerprint density at radius 3 is 2.81 bits per heavy atom. The van der Waals surface area contributed by atoms with Crippen LogP contribution in [0.1, 0.15) is 12.0 Å². The van der Waals surface area contributed by atoms with Crippen molar-refractivity contribution in [3.8, 4) is 5.69 Å². The van der Waals surface area contributed by atoms with Crippen molar-refractivity contribution in [2.75, 3.05) is 31.6 Å². The summed E-state index contributed by atoms with van der Waals surface area (Å²) in [6.45, 7) is 2.05. The van der Waals surface area contributed by atoms with E-state index in [1.807, 2.05) is 52.3 Å². The first-order valence-electron chi connectivity index (χ1n) is 10.4. The van der Waals surface area contributed by atoms with Gasteiger partial charge in [0, 0.05) is 45.0 Å². The number of guanidine groups is 1. The lowest BCUT2D eigenvalue weighted by Gasteiger charge is -2.21. The molecule has 1 atom stereocenters. The highest BCUT2D eigenvalue weighted by atomic mass is 19.1. The fourth-order valence-electron chi connectivity index (χ4n) is 3.76. The Kier molecular flexibility index (Phi) is 6.45. The Balaban J connectivity index is 1.25. The molecule has 31 heavy (non-hydrogen) atoms. The molecule has 1 unspecified atom stereocenters. The molecule has 0 aliphatic carbocycles. The molecule has 1 aliphatic rings. The van der Waals surface area contributed by atoms with E-state index in [1.165, 1.54) is 12.1 Å². The van der Waals surface area contributed by atoms with Crippen molar-refractivity contribution in [1.29, 1.82) is 0 Å². The lowest BCUT2D eigenvalue weighted by Crippen LogP contribution is -2.45. The van der Waals surface area contributed by atoms with Gasteiger partial charge in [-0.25, -0.2) is 13.5 Å². The van der Waals surface area contributed by atoms with Crippen LogP contribution in [0.15, 0.2) is 65.9 Å². The number of aliphatic imine (C=N–C) groups is 1. The number of anilines is 1. The van der Waals surface area contributed by atoms with Gasteiger partial charge in [-0.15, -0.1) is 0 Å². The zero-order chi connectivity index (χ0) is 21.6. The number of nitrogens with zero attached hydrogens (tertiary/aromatic N) is 4. The predicted molar refractivity (Wildman–Crippen MR) is 119 cm³/mol. The molecule has 0 amide bonds. The van der Waals surface area contributed by atoms with Crippen molar-refractivity contribution in [1.82, 2.24) is 20.4 Å². The van der Waals surface area contributed by atoms with Crippen LogP contribution in [0.5, 0.6) is 0 Å². The van der Waals surface area contributed by atoms with E-state index in [9.17, 15) is 8.78 Å². The lowest BCUT2D eigenvalue weighted by atomic mass is 10.2. The minimum atomic E-state index is -0.561. The Morgan fingerprint density at radius 1 is 1.19 bits per heavy atom. The first-order valence-corrected chi connectivity index (χ1v) is 10.4. The van der Waals surface area contributed by atoms with Crippen molar-refractivity contribution in [2.45, 2.75) is 18.9 Å². The maximum absolute atomic E-state index is 14.1. The van der Waals surface area contributed by atoms with E-state index in [1.54, 1.807) is 7.05 Å². The van der Waals surface area contributed by atoms with Gasteiger partial charge in [0.25, 0.3) is 0 Å². The molecule has 4 rings (SSSR count). The molecule has 1 aromatic heterocycles. The lowest BCUT2D eigenvalue weighted by molar-refractivity contribution is 0.580. The first kappa shape index (κ1) is 20.8. The molecule has 3 aromatic rings. The van der Waals surface area contributed by atoms with Gasteiger partial charge in [0.05, 0.1) is 17.6 Å². The summed E-state index contributed by atoms with van der Waals surface area (Å²) in [6.07, 6.45) is 5.56. The molecule has 1 aliphatic heterocycles. The summed E-state index contributed by atoms with van der Waals surface area (Å²) < 4.78 is 29.1. The van der Waals surface area contributed by atoms with Gasteiger partial charge in [0.15, 0.2) is 5.96 Å². The Morgan fingerprint density at radius 2 is 2.03 bits per heavy atom. The number of aromatic nitrogens is 2. The second-order valence-electron chi connectivity index (χ2n) is 7.55. The van der Waals surface area contributed by atoms with Crippen LogP contribution in [-0.2, 0) is 6.42 Å². The van der Waals surface area contributed by atoms with Crippen LogP contribution in [0, 0.1) is 11.6 Å². The van der Waals surface area contributed by atoms with Gasteiger partial charge in [0.2, 0.25) is 0 Å². The minimum absolute atomic E-state index is 0.136. The molecule has 0 saturated carbocycles. The van der Waals surface area contributed by atoms with E-state index in [-0.39, 0.29) is 6.04 Å². The van der Waals surface area contributed by atoms with Gasteiger partial charge in [-0.2, -0.15) is 5.10 Å². The van der Waals surface area contributed by atoms with E-state index in [2.05, 4.69) is 20.7 Å². The van der Waals surface area contributed by atoms with Gasteiger partial charge in [-0.3, -0.25) is 4.99 Å². The van der Waals surface area contributed by atoms with Crippen LogP contribution in [0.2, 0.25) is 0 Å². The number of benzene rings is 2. The quantitative estimate of drug-likeness (QED) is 0.472. The summed E-state index contributed by atoms with van der Waals surface area (Å²) in [5, 5.41) is 11.1. The smallest absolute Gasteiger partial charge is 0.191 e. The molecule has 2 N–H and O–H groups in total. The average molecular weight is 424 g/mol.